The van der Waals surface area contributed by atoms with E-state index in [1.807, 2.05) is 19.3 Å². The van der Waals surface area contributed by atoms with Gasteiger partial charge in [0, 0.05) is 25.4 Å². The molecule has 1 aromatic carbocycles. The van der Waals surface area contributed by atoms with Gasteiger partial charge < -0.3 is 4.57 Å². The van der Waals surface area contributed by atoms with Crippen molar-refractivity contribution in [1.29, 1.82) is 0 Å². The van der Waals surface area contributed by atoms with Crippen LogP contribution in [0.5, 0.6) is 0 Å². The maximum Gasteiger partial charge on any atom is 0.257 e. The first kappa shape index (κ1) is 19.9. The minimum atomic E-state index is -0.0391. The van der Waals surface area contributed by atoms with Gasteiger partial charge in [0.25, 0.3) is 5.91 Å². The molecule has 29 heavy (non-hydrogen) atoms. The highest BCUT2D eigenvalue weighted by atomic mass is 16.2. The Morgan fingerprint density at radius 1 is 1.14 bits per heavy atom. The zero-order valence-electron chi connectivity index (χ0n) is 18.1. The fraction of sp³-hybridized carbons (Fsp3) is 0.500. The quantitative estimate of drug-likeness (QED) is 0.788. The van der Waals surface area contributed by atoms with E-state index in [9.17, 15) is 4.79 Å². The van der Waals surface area contributed by atoms with E-state index in [2.05, 4.69) is 54.5 Å². The van der Waals surface area contributed by atoms with Crippen LogP contribution in [0.3, 0.4) is 0 Å². The topological polar surface area (TPSA) is 40.8 Å². The van der Waals surface area contributed by atoms with E-state index in [4.69, 9.17) is 5.10 Å². The van der Waals surface area contributed by atoms with Crippen molar-refractivity contribution >= 4 is 11.6 Å². The van der Waals surface area contributed by atoms with Crippen LogP contribution in [0.4, 0.5) is 0 Å². The summed E-state index contributed by atoms with van der Waals surface area (Å²) in [5.41, 5.74) is 5.79. The van der Waals surface area contributed by atoms with Gasteiger partial charge in [0.2, 0.25) is 0 Å². The van der Waals surface area contributed by atoms with Crippen molar-refractivity contribution in [3.63, 3.8) is 0 Å². The largest absolute Gasteiger partial charge is 0.353 e. The molecule has 1 fully saturated rings. The minimum Gasteiger partial charge on any atom is -0.353 e. The summed E-state index contributed by atoms with van der Waals surface area (Å²) in [6.07, 6.45) is 5.14. The summed E-state index contributed by atoms with van der Waals surface area (Å²) < 4.78 is 2.10. The maximum atomic E-state index is 13.3. The van der Waals surface area contributed by atoms with Gasteiger partial charge in [-0.05, 0) is 80.6 Å². The maximum absolute atomic E-state index is 13.3. The lowest BCUT2D eigenvalue weighted by Gasteiger charge is -2.31. The van der Waals surface area contributed by atoms with Gasteiger partial charge in [-0.3, -0.25) is 9.69 Å². The summed E-state index contributed by atoms with van der Waals surface area (Å²) in [5.74, 6) is 0.864. The van der Waals surface area contributed by atoms with Gasteiger partial charge in [-0.1, -0.05) is 19.1 Å². The van der Waals surface area contributed by atoms with Gasteiger partial charge in [0.05, 0.1) is 12.3 Å². The fourth-order valence-corrected chi connectivity index (χ4v) is 4.37. The summed E-state index contributed by atoms with van der Waals surface area (Å²) in [7, 11) is 2.04. The second-order valence-electron chi connectivity index (χ2n) is 8.81. The average Bonchev–Trinajstić information content (AvgIpc) is 3.32. The average molecular weight is 393 g/mol. The van der Waals surface area contributed by atoms with E-state index in [-0.39, 0.29) is 11.9 Å². The zero-order valence-corrected chi connectivity index (χ0v) is 18.1. The van der Waals surface area contributed by atoms with Crippen LogP contribution in [0, 0.1) is 19.8 Å². The number of nitrogens with zero attached hydrogens (tertiary/aromatic N) is 4. The highest BCUT2D eigenvalue weighted by Crippen LogP contribution is 2.33. The molecule has 1 saturated heterocycles. The number of piperidine rings is 1. The lowest BCUT2D eigenvalue weighted by atomic mass is 9.98. The number of aryl methyl sites for hydroxylation is 3. The summed E-state index contributed by atoms with van der Waals surface area (Å²) in [6.45, 7) is 9.01. The molecule has 5 nitrogen and oxygen atoms in total. The van der Waals surface area contributed by atoms with Crippen molar-refractivity contribution in [3.8, 4) is 0 Å². The Bertz CT molecular complexity index is 921. The molecule has 1 unspecified atom stereocenters. The molecule has 1 atom stereocenters. The summed E-state index contributed by atoms with van der Waals surface area (Å²) in [4.78, 5) is 15.6. The normalized spacial score (nSPS) is 20.9. The molecule has 1 aromatic heterocycles. The van der Waals surface area contributed by atoms with Crippen molar-refractivity contribution in [1.82, 2.24) is 14.5 Å². The van der Waals surface area contributed by atoms with E-state index < -0.39 is 0 Å². The second-order valence-corrected chi connectivity index (χ2v) is 8.81. The molecule has 0 saturated carbocycles. The Hall–Kier alpha value is -2.40. The number of rotatable bonds is 4. The van der Waals surface area contributed by atoms with E-state index in [1.54, 1.807) is 5.01 Å². The Balaban J connectivity index is 1.59. The molecule has 2 aliphatic rings. The number of carbonyl (C=O) groups is 1. The lowest BCUT2D eigenvalue weighted by Crippen LogP contribution is -2.41. The monoisotopic (exact) mass is 392 g/mol. The number of carbonyl (C=O) groups excluding carboxylic acids is 1. The van der Waals surface area contributed by atoms with E-state index in [0.717, 1.165) is 42.4 Å². The lowest BCUT2D eigenvalue weighted by molar-refractivity contribution is -0.134. The number of aromatic nitrogens is 1. The Kier molecular flexibility index (Phi) is 5.59. The molecule has 1 amide bonds. The van der Waals surface area contributed by atoms with Crippen LogP contribution in [0.15, 0.2) is 41.6 Å². The number of amides is 1. The predicted octanol–water partition coefficient (Wildman–Crippen LogP) is 4.05. The second kappa shape index (κ2) is 8.15. The molecule has 2 aliphatic heterocycles. The number of likely N-dealkylation sites (tertiary alicyclic amines) is 1. The molecule has 154 valence electrons. The summed E-state index contributed by atoms with van der Waals surface area (Å²) >= 11 is 0. The molecule has 0 bridgehead atoms. The number of hydrogen-bond acceptors (Lipinski definition) is 3. The van der Waals surface area contributed by atoms with Crippen molar-refractivity contribution in [3.05, 3.63) is 58.9 Å². The molecule has 2 aromatic rings. The van der Waals surface area contributed by atoms with Gasteiger partial charge in [0.1, 0.15) is 6.04 Å². The molecule has 0 aliphatic carbocycles. The van der Waals surface area contributed by atoms with Crippen molar-refractivity contribution in [2.45, 2.75) is 46.1 Å². The summed E-state index contributed by atoms with van der Waals surface area (Å²) in [5, 5.41) is 6.60. The SMILES string of the molecule is Cc1ccc(C2=NN(C(=O)CN3CCC(C)CC3)C(c3cccn3C)C2)cc1C. The first-order chi connectivity index (χ1) is 13.9. The van der Waals surface area contributed by atoms with Crippen molar-refractivity contribution in [2.75, 3.05) is 19.6 Å². The zero-order chi connectivity index (χ0) is 20.5. The third-order valence-corrected chi connectivity index (χ3v) is 6.57. The van der Waals surface area contributed by atoms with Crippen LogP contribution in [0.2, 0.25) is 0 Å². The standard InChI is InChI=1S/C24H32N4O/c1-17-9-12-27(13-10-17)16-24(29)28-23(22-6-5-11-26(22)4)15-21(25-28)20-8-7-18(2)19(3)14-20/h5-8,11,14,17,23H,9-10,12-13,15-16H2,1-4H3. The number of benzene rings is 1. The van der Waals surface area contributed by atoms with Crippen LogP contribution < -0.4 is 0 Å². The first-order valence-electron chi connectivity index (χ1n) is 10.7. The molecule has 0 N–H and O–H groups in total. The molecule has 5 heteroatoms. The summed E-state index contributed by atoms with van der Waals surface area (Å²) in [6, 6.07) is 10.6. The Morgan fingerprint density at radius 2 is 1.90 bits per heavy atom. The Labute approximate surface area is 174 Å². The van der Waals surface area contributed by atoms with Gasteiger partial charge in [-0.15, -0.1) is 0 Å². The third-order valence-electron chi connectivity index (χ3n) is 6.57. The van der Waals surface area contributed by atoms with Gasteiger partial charge in [0.15, 0.2) is 0 Å². The van der Waals surface area contributed by atoms with E-state index >= 15 is 0 Å². The molecular weight excluding hydrogens is 360 g/mol. The highest BCUT2D eigenvalue weighted by Gasteiger charge is 2.35. The van der Waals surface area contributed by atoms with Crippen LogP contribution >= 0.6 is 0 Å². The van der Waals surface area contributed by atoms with Crippen LogP contribution in [0.25, 0.3) is 0 Å². The van der Waals surface area contributed by atoms with Gasteiger partial charge >= 0.3 is 0 Å². The number of hydrogen-bond donors (Lipinski definition) is 0. The Morgan fingerprint density at radius 3 is 2.55 bits per heavy atom. The van der Waals surface area contributed by atoms with E-state index in [0.29, 0.717) is 6.54 Å². The minimum absolute atomic E-state index is 0.0391. The van der Waals surface area contributed by atoms with Crippen LogP contribution in [-0.4, -0.2) is 45.7 Å². The third kappa shape index (κ3) is 4.15. The first-order valence-corrected chi connectivity index (χ1v) is 10.7. The molecule has 0 spiro atoms. The molecule has 4 rings (SSSR count). The van der Waals surface area contributed by atoms with Gasteiger partial charge in [-0.25, -0.2) is 5.01 Å². The molecule has 3 heterocycles. The van der Waals surface area contributed by atoms with Crippen LogP contribution in [-0.2, 0) is 11.8 Å². The predicted molar refractivity (Wildman–Crippen MR) is 117 cm³/mol. The van der Waals surface area contributed by atoms with Crippen LogP contribution in [0.1, 0.15) is 54.6 Å². The van der Waals surface area contributed by atoms with E-state index in [1.165, 1.54) is 24.0 Å². The number of hydrazone groups is 1. The highest BCUT2D eigenvalue weighted by molar-refractivity contribution is 6.03. The van der Waals surface area contributed by atoms with Crippen molar-refractivity contribution < 1.29 is 4.79 Å². The van der Waals surface area contributed by atoms with Crippen molar-refractivity contribution in [2.24, 2.45) is 18.1 Å². The van der Waals surface area contributed by atoms with Gasteiger partial charge in [-0.2, -0.15) is 5.10 Å². The fourth-order valence-electron chi connectivity index (χ4n) is 4.37. The molecular formula is C24H32N4O. The smallest absolute Gasteiger partial charge is 0.257 e. The molecule has 0 radical (unpaired) electrons.